The summed E-state index contributed by atoms with van der Waals surface area (Å²) in [6, 6.07) is 7.63. The zero-order chi connectivity index (χ0) is 8.55. The molecule has 0 amide bonds. The van der Waals surface area contributed by atoms with E-state index in [1.807, 2.05) is 24.3 Å². The number of nitrogens with zero attached hydrogens (tertiary/aromatic N) is 2. The van der Waals surface area contributed by atoms with Gasteiger partial charge in [-0.15, -0.1) is 0 Å². The molecule has 0 unspecified atom stereocenters. The molecule has 0 spiro atoms. The summed E-state index contributed by atoms with van der Waals surface area (Å²) in [6.07, 6.45) is 0. The molecule has 58 valence electrons. The summed E-state index contributed by atoms with van der Waals surface area (Å²) in [7, 11) is 0. The van der Waals surface area contributed by atoms with E-state index in [0.717, 1.165) is 15.5 Å². The lowest BCUT2D eigenvalue weighted by Crippen LogP contribution is -1.72. The number of hydrogen-bond donors (Lipinski definition) is 1. The minimum Gasteiger partial charge on any atom is -0.329 e. The predicted molar refractivity (Wildman–Crippen MR) is 48.5 cm³/mol. The van der Waals surface area contributed by atoms with Gasteiger partial charge in [-0.3, -0.25) is 0 Å². The van der Waals surface area contributed by atoms with Crippen LogP contribution in [-0.2, 0) is 0 Å². The van der Waals surface area contributed by atoms with Crippen molar-refractivity contribution in [3.8, 4) is 6.07 Å². The highest BCUT2D eigenvalue weighted by Crippen LogP contribution is 2.20. The highest BCUT2D eigenvalue weighted by molar-refractivity contribution is 9.10. The molecule has 0 radical (unpaired) electrons. The van der Waals surface area contributed by atoms with Crippen LogP contribution in [0.4, 0.5) is 0 Å². The molecule has 1 aromatic heterocycles. The Morgan fingerprint density at radius 3 is 3.00 bits per heavy atom. The van der Waals surface area contributed by atoms with E-state index in [0.29, 0.717) is 5.82 Å². The molecule has 0 bridgehead atoms. The summed E-state index contributed by atoms with van der Waals surface area (Å²) >= 11 is 3.35. The molecule has 1 aromatic carbocycles. The van der Waals surface area contributed by atoms with E-state index in [9.17, 15) is 0 Å². The van der Waals surface area contributed by atoms with Crippen molar-refractivity contribution in [2.24, 2.45) is 0 Å². The molecule has 3 nitrogen and oxygen atoms in total. The van der Waals surface area contributed by atoms with Gasteiger partial charge in [0.15, 0.2) is 0 Å². The molecule has 0 saturated carbocycles. The third-order valence-electron chi connectivity index (χ3n) is 1.57. The number of fused-ring (bicyclic) bond motifs is 1. The van der Waals surface area contributed by atoms with Crippen molar-refractivity contribution in [2.45, 2.75) is 0 Å². The maximum atomic E-state index is 8.57. The van der Waals surface area contributed by atoms with Crippen LogP contribution >= 0.6 is 15.9 Å². The van der Waals surface area contributed by atoms with Crippen LogP contribution in [0, 0.1) is 11.3 Å². The molecule has 0 aliphatic heterocycles. The molecule has 0 fully saturated rings. The number of para-hydroxylation sites is 1. The number of imidazole rings is 1. The number of rotatable bonds is 0. The molecule has 0 atom stereocenters. The van der Waals surface area contributed by atoms with Crippen molar-refractivity contribution in [3.05, 3.63) is 28.5 Å². The fraction of sp³-hybridized carbons (Fsp3) is 0. The molecule has 12 heavy (non-hydrogen) atoms. The maximum Gasteiger partial charge on any atom is 0.211 e. The number of nitrogens with one attached hydrogen (secondary N) is 1. The molecule has 4 heteroatoms. The van der Waals surface area contributed by atoms with Gasteiger partial charge in [0.1, 0.15) is 11.6 Å². The van der Waals surface area contributed by atoms with E-state index < -0.39 is 0 Å². The fourth-order valence-electron chi connectivity index (χ4n) is 1.05. The van der Waals surface area contributed by atoms with E-state index in [2.05, 4.69) is 25.9 Å². The lowest BCUT2D eigenvalue weighted by Gasteiger charge is -1.88. The van der Waals surface area contributed by atoms with Crippen LogP contribution in [-0.4, -0.2) is 9.97 Å². The van der Waals surface area contributed by atoms with Gasteiger partial charge in [-0.25, -0.2) is 4.98 Å². The lowest BCUT2D eigenvalue weighted by atomic mass is 10.3. The van der Waals surface area contributed by atoms with Crippen molar-refractivity contribution < 1.29 is 0 Å². The Morgan fingerprint density at radius 1 is 1.50 bits per heavy atom. The Hall–Kier alpha value is -1.34. The van der Waals surface area contributed by atoms with Gasteiger partial charge in [-0.05, 0) is 28.1 Å². The first-order valence-electron chi connectivity index (χ1n) is 3.35. The number of H-pyrrole nitrogens is 1. The van der Waals surface area contributed by atoms with Gasteiger partial charge < -0.3 is 4.98 Å². The Balaban J connectivity index is 2.85. The van der Waals surface area contributed by atoms with Crippen molar-refractivity contribution in [1.82, 2.24) is 9.97 Å². The molecule has 2 aromatic rings. The summed E-state index contributed by atoms with van der Waals surface area (Å²) in [6.45, 7) is 0. The zero-order valence-electron chi connectivity index (χ0n) is 6.00. The number of aromatic nitrogens is 2. The maximum absolute atomic E-state index is 8.57. The van der Waals surface area contributed by atoms with E-state index in [1.54, 1.807) is 0 Å². The van der Waals surface area contributed by atoms with Crippen LogP contribution in [0.15, 0.2) is 22.7 Å². The number of benzene rings is 1. The van der Waals surface area contributed by atoms with Gasteiger partial charge >= 0.3 is 0 Å². The fourth-order valence-corrected chi connectivity index (χ4v) is 1.50. The van der Waals surface area contributed by atoms with Crippen LogP contribution in [0.2, 0.25) is 0 Å². The van der Waals surface area contributed by atoms with Crippen LogP contribution in [0.25, 0.3) is 11.0 Å². The Morgan fingerprint density at radius 2 is 2.33 bits per heavy atom. The second-order valence-corrected chi connectivity index (χ2v) is 3.19. The summed E-state index contributed by atoms with van der Waals surface area (Å²) in [5.74, 6) is 0.344. The number of hydrogen-bond acceptors (Lipinski definition) is 2. The average Bonchev–Trinajstić information content (AvgIpc) is 2.49. The highest BCUT2D eigenvalue weighted by atomic mass is 79.9. The van der Waals surface area contributed by atoms with Gasteiger partial charge in [0.05, 0.1) is 5.52 Å². The monoisotopic (exact) mass is 221 g/mol. The van der Waals surface area contributed by atoms with Crippen molar-refractivity contribution in [2.75, 3.05) is 0 Å². The average molecular weight is 222 g/mol. The van der Waals surface area contributed by atoms with E-state index in [4.69, 9.17) is 5.26 Å². The smallest absolute Gasteiger partial charge is 0.211 e. The summed E-state index contributed by atoms with van der Waals surface area (Å²) in [5, 5.41) is 8.57. The van der Waals surface area contributed by atoms with Crippen LogP contribution in [0.1, 0.15) is 5.82 Å². The van der Waals surface area contributed by atoms with Gasteiger partial charge in [0, 0.05) is 4.47 Å². The molecule has 0 aliphatic rings. The Bertz CT molecular complexity index is 467. The SMILES string of the molecule is N#Cc1nc2c(Br)cccc2[nH]1. The summed E-state index contributed by atoms with van der Waals surface area (Å²) in [5.41, 5.74) is 1.68. The highest BCUT2D eigenvalue weighted by Gasteiger charge is 2.03. The number of halogens is 1. The first-order valence-corrected chi connectivity index (χ1v) is 4.15. The third-order valence-corrected chi connectivity index (χ3v) is 2.21. The normalized spacial score (nSPS) is 10.0. The second-order valence-electron chi connectivity index (χ2n) is 2.33. The largest absolute Gasteiger partial charge is 0.329 e. The zero-order valence-corrected chi connectivity index (χ0v) is 7.59. The van der Waals surface area contributed by atoms with Crippen LogP contribution in [0.5, 0.6) is 0 Å². The van der Waals surface area contributed by atoms with Gasteiger partial charge in [0.2, 0.25) is 5.82 Å². The molecular formula is C8H4BrN3. The van der Waals surface area contributed by atoms with Gasteiger partial charge in [-0.2, -0.15) is 5.26 Å². The number of aromatic amines is 1. The molecule has 1 N–H and O–H groups in total. The first kappa shape index (κ1) is 7.32. The Kier molecular flexibility index (Phi) is 1.59. The minimum atomic E-state index is 0.344. The molecule has 0 aliphatic carbocycles. The lowest BCUT2D eigenvalue weighted by molar-refractivity contribution is 1.25. The molecule has 0 saturated heterocycles. The summed E-state index contributed by atoms with van der Waals surface area (Å²) < 4.78 is 0.901. The van der Waals surface area contributed by atoms with Crippen molar-refractivity contribution in [1.29, 1.82) is 5.26 Å². The van der Waals surface area contributed by atoms with Gasteiger partial charge in [0.25, 0.3) is 0 Å². The first-order chi connectivity index (χ1) is 5.81. The van der Waals surface area contributed by atoms with E-state index in [1.165, 1.54) is 0 Å². The van der Waals surface area contributed by atoms with Gasteiger partial charge in [-0.1, -0.05) is 6.07 Å². The van der Waals surface area contributed by atoms with Crippen LogP contribution in [0.3, 0.4) is 0 Å². The molecular weight excluding hydrogens is 218 g/mol. The topological polar surface area (TPSA) is 52.5 Å². The predicted octanol–water partition coefficient (Wildman–Crippen LogP) is 2.20. The second kappa shape index (κ2) is 2.61. The van der Waals surface area contributed by atoms with Crippen molar-refractivity contribution >= 4 is 27.0 Å². The number of nitriles is 1. The summed E-state index contributed by atoms with van der Waals surface area (Å²) in [4.78, 5) is 6.95. The van der Waals surface area contributed by atoms with Crippen molar-refractivity contribution in [3.63, 3.8) is 0 Å². The molecule has 1 heterocycles. The quantitative estimate of drug-likeness (QED) is 0.742. The third kappa shape index (κ3) is 0.990. The molecule has 2 rings (SSSR count). The standard InChI is InChI=1S/C8H4BrN3/c9-5-2-1-3-6-8(5)12-7(4-10)11-6/h1-3H,(H,11,12). The van der Waals surface area contributed by atoms with E-state index in [-0.39, 0.29) is 0 Å². The van der Waals surface area contributed by atoms with E-state index >= 15 is 0 Å². The van der Waals surface area contributed by atoms with Crippen LogP contribution < -0.4 is 0 Å². The minimum absolute atomic E-state index is 0.344. The Labute approximate surface area is 77.2 Å².